The van der Waals surface area contributed by atoms with Gasteiger partial charge >= 0.3 is 0 Å². The van der Waals surface area contributed by atoms with E-state index >= 15 is 0 Å². The van der Waals surface area contributed by atoms with Crippen LogP contribution >= 0.6 is 27.3 Å². The van der Waals surface area contributed by atoms with Crippen LogP contribution in [0.25, 0.3) is 0 Å². The number of hydrogen-bond donors (Lipinski definition) is 0. The zero-order valence-electron chi connectivity index (χ0n) is 9.06. The molecule has 2 heterocycles. The monoisotopic (exact) mass is 302 g/mol. The van der Waals surface area contributed by atoms with E-state index in [0.717, 1.165) is 22.9 Å². The Kier molecular flexibility index (Phi) is 3.18. The molecule has 16 heavy (non-hydrogen) atoms. The smallest absolute Gasteiger partial charge is 0.186 e. The van der Waals surface area contributed by atoms with Gasteiger partial charge in [-0.25, -0.2) is 4.98 Å². The SMILES string of the molecule is Brc1csc(N2CCOC3CCCCC32)n1. The Bertz CT molecular complexity index is 369. The van der Waals surface area contributed by atoms with Crippen LogP contribution in [-0.4, -0.2) is 30.3 Å². The van der Waals surface area contributed by atoms with Gasteiger partial charge in [-0.15, -0.1) is 11.3 Å². The summed E-state index contributed by atoms with van der Waals surface area (Å²) < 4.78 is 6.81. The van der Waals surface area contributed by atoms with Crippen molar-refractivity contribution in [3.05, 3.63) is 9.98 Å². The number of fused-ring (bicyclic) bond motifs is 1. The number of rotatable bonds is 1. The van der Waals surface area contributed by atoms with Crippen molar-refractivity contribution in [2.75, 3.05) is 18.1 Å². The second-order valence-corrected chi connectivity index (χ2v) is 6.06. The van der Waals surface area contributed by atoms with Crippen LogP contribution < -0.4 is 4.90 Å². The molecule has 1 saturated carbocycles. The Morgan fingerprint density at radius 1 is 1.44 bits per heavy atom. The molecule has 3 nitrogen and oxygen atoms in total. The summed E-state index contributed by atoms with van der Waals surface area (Å²) in [7, 11) is 0. The third-order valence-electron chi connectivity index (χ3n) is 3.44. The summed E-state index contributed by atoms with van der Waals surface area (Å²) in [5, 5.41) is 3.20. The average Bonchev–Trinajstić information content (AvgIpc) is 2.75. The molecular weight excluding hydrogens is 288 g/mol. The van der Waals surface area contributed by atoms with Crippen LogP contribution in [0.2, 0.25) is 0 Å². The number of morpholine rings is 1. The third kappa shape index (κ3) is 2.00. The number of thiazole rings is 1. The van der Waals surface area contributed by atoms with E-state index in [4.69, 9.17) is 4.74 Å². The number of aromatic nitrogens is 1. The first-order chi connectivity index (χ1) is 7.84. The highest BCUT2D eigenvalue weighted by Gasteiger charge is 2.35. The Balaban J connectivity index is 1.82. The standard InChI is InChI=1S/C11H15BrN2OS/c12-10-7-16-11(13-10)14-5-6-15-9-4-2-1-3-8(9)14/h7-9H,1-6H2. The summed E-state index contributed by atoms with van der Waals surface area (Å²) in [6, 6.07) is 0.556. The zero-order valence-corrected chi connectivity index (χ0v) is 11.5. The Labute approximate surface area is 108 Å². The molecule has 0 N–H and O–H groups in total. The van der Waals surface area contributed by atoms with E-state index in [9.17, 15) is 0 Å². The maximum absolute atomic E-state index is 5.86. The Morgan fingerprint density at radius 3 is 3.12 bits per heavy atom. The molecule has 0 aromatic carbocycles. The van der Waals surface area contributed by atoms with E-state index in [1.54, 1.807) is 11.3 Å². The van der Waals surface area contributed by atoms with Gasteiger partial charge in [0.15, 0.2) is 5.13 Å². The molecular formula is C11H15BrN2OS. The number of halogens is 1. The first-order valence-corrected chi connectivity index (χ1v) is 7.51. The molecule has 3 rings (SSSR count). The maximum Gasteiger partial charge on any atom is 0.186 e. The fourth-order valence-corrected chi connectivity index (χ4v) is 4.05. The Hall–Kier alpha value is -0.130. The van der Waals surface area contributed by atoms with Crippen LogP contribution in [0.5, 0.6) is 0 Å². The highest BCUT2D eigenvalue weighted by molar-refractivity contribution is 9.10. The molecule has 88 valence electrons. The van der Waals surface area contributed by atoms with Crippen molar-refractivity contribution in [1.82, 2.24) is 4.98 Å². The van der Waals surface area contributed by atoms with Gasteiger partial charge in [-0.05, 0) is 28.8 Å². The van der Waals surface area contributed by atoms with Crippen LogP contribution in [0.3, 0.4) is 0 Å². The molecule has 0 bridgehead atoms. The quantitative estimate of drug-likeness (QED) is 0.797. The molecule has 1 aliphatic carbocycles. The van der Waals surface area contributed by atoms with E-state index in [1.807, 2.05) is 0 Å². The topological polar surface area (TPSA) is 25.4 Å². The van der Waals surface area contributed by atoms with Crippen molar-refractivity contribution in [3.63, 3.8) is 0 Å². The van der Waals surface area contributed by atoms with Gasteiger partial charge in [-0.1, -0.05) is 12.8 Å². The fourth-order valence-electron chi connectivity index (χ4n) is 2.71. The number of hydrogen-bond acceptors (Lipinski definition) is 4. The van der Waals surface area contributed by atoms with Gasteiger partial charge in [0, 0.05) is 11.9 Å². The molecule has 0 radical (unpaired) electrons. The number of nitrogens with zero attached hydrogens (tertiary/aromatic N) is 2. The average molecular weight is 303 g/mol. The van der Waals surface area contributed by atoms with E-state index in [-0.39, 0.29) is 0 Å². The van der Waals surface area contributed by atoms with Gasteiger partial charge in [0.1, 0.15) is 4.60 Å². The molecule has 1 aliphatic heterocycles. The van der Waals surface area contributed by atoms with Crippen LogP contribution in [-0.2, 0) is 4.74 Å². The number of ether oxygens (including phenoxy) is 1. The van der Waals surface area contributed by atoms with Gasteiger partial charge in [-0.3, -0.25) is 0 Å². The molecule has 5 heteroatoms. The lowest BCUT2D eigenvalue weighted by molar-refractivity contribution is -0.00869. The van der Waals surface area contributed by atoms with Crippen molar-refractivity contribution < 1.29 is 4.74 Å². The zero-order chi connectivity index (χ0) is 11.0. The minimum absolute atomic E-state index is 0.435. The number of anilines is 1. The van der Waals surface area contributed by atoms with Crippen LogP contribution in [0.4, 0.5) is 5.13 Å². The minimum atomic E-state index is 0.435. The summed E-state index contributed by atoms with van der Waals surface area (Å²) in [5.41, 5.74) is 0. The lowest BCUT2D eigenvalue weighted by Gasteiger charge is -2.43. The van der Waals surface area contributed by atoms with Gasteiger partial charge in [0.2, 0.25) is 0 Å². The molecule has 0 amide bonds. The molecule has 2 aliphatic rings. The highest BCUT2D eigenvalue weighted by atomic mass is 79.9. The van der Waals surface area contributed by atoms with Gasteiger partial charge < -0.3 is 9.64 Å². The van der Waals surface area contributed by atoms with E-state index < -0.39 is 0 Å². The van der Waals surface area contributed by atoms with Gasteiger partial charge in [-0.2, -0.15) is 0 Å². The summed E-state index contributed by atoms with van der Waals surface area (Å²) in [6.45, 7) is 1.83. The third-order valence-corrected chi connectivity index (χ3v) is 5.03. The van der Waals surface area contributed by atoms with Crippen LogP contribution in [0, 0.1) is 0 Å². The lowest BCUT2D eigenvalue weighted by atomic mass is 9.90. The van der Waals surface area contributed by atoms with Crippen molar-refractivity contribution in [3.8, 4) is 0 Å². The molecule has 2 atom stereocenters. The van der Waals surface area contributed by atoms with Gasteiger partial charge in [0.05, 0.1) is 18.8 Å². The van der Waals surface area contributed by atoms with Gasteiger partial charge in [0.25, 0.3) is 0 Å². The largest absolute Gasteiger partial charge is 0.374 e. The minimum Gasteiger partial charge on any atom is -0.374 e. The van der Waals surface area contributed by atoms with E-state index in [2.05, 4.69) is 31.2 Å². The normalized spacial score (nSPS) is 30.2. The maximum atomic E-state index is 5.86. The molecule has 1 aromatic heterocycles. The molecule has 1 aromatic rings. The van der Waals surface area contributed by atoms with Crippen molar-refractivity contribution >= 4 is 32.4 Å². The summed E-state index contributed by atoms with van der Waals surface area (Å²) in [4.78, 5) is 6.98. The summed E-state index contributed by atoms with van der Waals surface area (Å²) in [6.07, 6.45) is 5.55. The first-order valence-electron chi connectivity index (χ1n) is 5.84. The predicted molar refractivity (Wildman–Crippen MR) is 69.2 cm³/mol. The van der Waals surface area contributed by atoms with Crippen molar-refractivity contribution in [1.29, 1.82) is 0 Å². The fraction of sp³-hybridized carbons (Fsp3) is 0.727. The summed E-state index contributed by atoms with van der Waals surface area (Å²) >= 11 is 5.15. The second-order valence-electron chi connectivity index (χ2n) is 4.41. The Morgan fingerprint density at radius 2 is 2.31 bits per heavy atom. The van der Waals surface area contributed by atoms with Crippen molar-refractivity contribution in [2.24, 2.45) is 0 Å². The molecule has 2 unspecified atom stereocenters. The molecule has 0 spiro atoms. The molecule has 1 saturated heterocycles. The van der Waals surface area contributed by atoms with Crippen LogP contribution in [0.15, 0.2) is 9.98 Å². The highest BCUT2D eigenvalue weighted by Crippen LogP contribution is 2.34. The lowest BCUT2D eigenvalue weighted by Crippen LogP contribution is -2.52. The summed E-state index contributed by atoms with van der Waals surface area (Å²) in [5.74, 6) is 0. The van der Waals surface area contributed by atoms with E-state index in [1.165, 1.54) is 25.7 Å². The van der Waals surface area contributed by atoms with Crippen LogP contribution in [0.1, 0.15) is 25.7 Å². The second kappa shape index (κ2) is 4.63. The van der Waals surface area contributed by atoms with E-state index in [0.29, 0.717) is 12.1 Å². The first kappa shape index (κ1) is 11.0. The predicted octanol–water partition coefficient (Wildman–Crippen LogP) is 3.05. The molecule has 2 fully saturated rings. The van der Waals surface area contributed by atoms with Crippen molar-refractivity contribution in [2.45, 2.75) is 37.8 Å².